The third kappa shape index (κ3) is 4.46. The van der Waals surface area contributed by atoms with Crippen molar-refractivity contribution in [3.05, 3.63) is 63.7 Å². The van der Waals surface area contributed by atoms with E-state index in [0.29, 0.717) is 17.0 Å². The van der Waals surface area contributed by atoms with E-state index in [1.54, 1.807) is 6.07 Å². The Balaban J connectivity index is 1.55. The van der Waals surface area contributed by atoms with Crippen molar-refractivity contribution in [2.45, 2.75) is 6.42 Å². The predicted molar refractivity (Wildman–Crippen MR) is 92.7 cm³/mol. The lowest BCUT2D eigenvalue weighted by molar-refractivity contribution is -0.384. The molecule has 1 heterocycles. The Bertz CT molecular complexity index is 922. The molecule has 0 aromatic heterocycles. The standard InChI is InChI=1S/C18H14N2O7/c21-15(12-3-6-16-14(8-12)19-17(22)10-26-16)9-27-18(23)7-11-1-4-13(5-2-11)20(24)25/h1-6,8H,7,9-10H2,(H,19,22). The summed E-state index contributed by atoms with van der Waals surface area (Å²) in [7, 11) is 0. The van der Waals surface area contributed by atoms with E-state index in [4.69, 9.17) is 9.47 Å². The number of nitrogens with one attached hydrogen (secondary N) is 1. The van der Waals surface area contributed by atoms with Gasteiger partial charge < -0.3 is 14.8 Å². The van der Waals surface area contributed by atoms with E-state index in [9.17, 15) is 24.5 Å². The molecule has 27 heavy (non-hydrogen) atoms. The number of nitrogens with zero attached hydrogens (tertiary/aromatic N) is 1. The zero-order valence-corrected chi connectivity index (χ0v) is 14.0. The second-order valence-electron chi connectivity index (χ2n) is 5.73. The molecule has 138 valence electrons. The molecule has 9 nitrogen and oxygen atoms in total. The topological polar surface area (TPSA) is 125 Å². The first kappa shape index (κ1) is 18.1. The van der Waals surface area contributed by atoms with Gasteiger partial charge in [0.15, 0.2) is 19.0 Å². The first-order valence-corrected chi connectivity index (χ1v) is 7.91. The van der Waals surface area contributed by atoms with Crippen LogP contribution in [-0.2, 0) is 20.7 Å². The van der Waals surface area contributed by atoms with Crippen LogP contribution in [0.3, 0.4) is 0 Å². The van der Waals surface area contributed by atoms with Crippen LogP contribution in [-0.4, -0.2) is 35.8 Å². The molecule has 0 radical (unpaired) electrons. The van der Waals surface area contributed by atoms with Gasteiger partial charge in [0.1, 0.15) is 5.75 Å². The maximum absolute atomic E-state index is 12.2. The summed E-state index contributed by atoms with van der Waals surface area (Å²) in [4.78, 5) is 45.4. The molecule has 0 aliphatic carbocycles. The van der Waals surface area contributed by atoms with Crippen LogP contribution in [0.25, 0.3) is 0 Å². The van der Waals surface area contributed by atoms with Gasteiger partial charge >= 0.3 is 5.97 Å². The number of nitro groups is 1. The van der Waals surface area contributed by atoms with Crippen molar-refractivity contribution in [3.63, 3.8) is 0 Å². The van der Waals surface area contributed by atoms with Gasteiger partial charge in [0.25, 0.3) is 11.6 Å². The van der Waals surface area contributed by atoms with Gasteiger partial charge in [-0.15, -0.1) is 0 Å². The number of rotatable bonds is 6. The van der Waals surface area contributed by atoms with Gasteiger partial charge in [-0.1, -0.05) is 12.1 Å². The number of Topliss-reactive ketones (excluding diaryl/α,β-unsaturated/α-hetero) is 1. The fourth-order valence-electron chi connectivity index (χ4n) is 2.44. The van der Waals surface area contributed by atoms with Crippen LogP contribution in [0, 0.1) is 10.1 Å². The molecule has 9 heteroatoms. The highest BCUT2D eigenvalue weighted by atomic mass is 16.6. The van der Waals surface area contributed by atoms with Crippen LogP contribution < -0.4 is 10.1 Å². The van der Waals surface area contributed by atoms with Gasteiger partial charge in [0.05, 0.1) is 17.0 Å². The average molecular weight is 370 g/mol. The summed E-state index contributed by atoms with van der Waals surface area (Å²) in [6, 6.07) is 10.0. The van der Waals surface area contributed by atoms with E-state index in [1.807, 2.05) is 0 Å². The third-order valence-corrected chi connectivity index (χ3v) is 3.79. The Morgan fingerprint density at radius 2 is 1.93 bits per heavy atom. The van der Waals surface area contributed by atoms with Crippen molar-refractivity contribution < 1.29 is 28.8 Å². The number of non-ortho nitro benzene ring substituents is 1. The fraction of sp³-hybridized carbons (Fsp3) is 0.167. The monoisotopic (exact) mass is 370 g/mol. The summed E-state index contributed by atoms with van der Waals surface area (Å²) >= 11 is 0. The van der Waals surface area contributed by atoms with Crippen molar-refractivity contribution in [3.8, 4) is 5.75 Å². The summed E-state index contributed by atoms with van der Waals surface area (Å²) in [5.41, 5.74) is 1.11. The van der Waals surface area contributed by atoms with Crippen molar-refractivity contribution >= 4 is 29.0 Å². The second-order valence-corrected chi connectivity index (χ2v) is 5.73. The summed E-state index contributed by atoms with van der Waals surface area (Å²) in [6.07, 6.45) is -0.112. The highest BCUT2D eigenvalue weighted by molar-refractivity contribution is 6.01. The Morgan fingerprint density at radius 3 is 2.63 bits per heavy atom. The average Bonchev–Trinajstić information content (AvgIpc) is 2.66. The molecule has 0 atom stereocenters. The maximum atomic E-state index is 12.2. The van der Waals surface area contributed by atoms with Crippen LogP contribution in [0.15, 0.2) is 42.5 Å². The number of carbonyl (C=O) groups excluding carboxylic acids is 3. The molecular weight excluding hydrogens is 356 g/mol. The number of ketones is 1. The van der Waals surface area contributed by atoms with E-state index < -0.39 is 23.3 Å². The first-order chi connectivity index (χ1) is 12.9. The lowest BCUT2D eigenvalue weighted by Crippen LogP contribution is -2.25. The molecule has 1 aliphatic rings. The van der Waals surface area contributed by atoms with Gasteiger partial charge in [-0.2, -0.15) is 0 Å². The number of esters is 1. The van der Waals surface area contributed by atoms with E-state index in [0.717, 1.165) is 0 Å². The van der Waals surface area contributed by atoms with Gasteiger partial charge in [-0.25, -0.2) is 0 Å². The van der Waals surface area contributed by atoms with E-state index in [2.05, 4.69) is 5.32 Å². The van der Waals surface area contributed by atoms with Crippen LogP contribution in [0.4, 0.5) is 11.4 Å². The number of fused-ring (bicyclic) bond motifs is 1. The lowest BCUT2D eigenvalue weighted by atomic mass is 10.1. The molecule has 1 amide bonds. The van der Waals surface area contributed by atoms with Crippen molar-refractivity contribution in [2.75, 3.05) is 18.5 Å². The van der Waals surface area contributed by atoms with E-state index in [-0.39, 0.29) is 30.2 Å². The fourth-order valence-corrected chi connectivity index (χ4v) is 2.44. The molecule has 1 aliphatic heterocycles. The molecule has 2 aromatic carbocycles. The molecular formula is C18H14N2O7. The third-order valence-electron chi connectivity index (χ3n) is 3.79. The normalized spacial score (nSPS) is 12.4. The number of ether oxygens (including phenoxy) is 2. The molecule has 0 spiro atoms. The van der Waals surface area contributed by atoms with Gasteiger partial charge in [-0.05, 0) is 23.8 Å². The summed E-state index contributed by atoms with van der Waals surface area (Å²) in [5.74, 6) is -0.926. The predicted octanol–water partition coefficient (Wildman–Crippen LogP) is 1.89. The Hall–Kier alpha value is -3.75. The Morgan fingerprint density at radius 1 is 1.19 bits per heavy atom. The van der Waals surface area contributed by atoms with E-state index in [1.165, 1.54) is 36.4 Å². The molecule has 0 saturated carbocycles. The highest BCUT2D eigenvalue weighted by Gasteiger charge is 2.18. The number of nitro benzene ring substituents is 1. The smallest absolute Gasteiger partial charge is 0.310 e. The van der Waals surface area contributed by atoms with Crippen molar-refractivity contribution in [1.29, 1.82) is 0 Å². The summed E-state index contributed by atoms with van der Waals surface area (Å²) in [6.45, 7) is -0.542. The van der Waals surface area contributed by atoms with Gasteiger partial charge in [0.2, 0.25) is 0 Å². The second kappa shape index (κ2) is 7.65. The Kier molecular flexibility index (Phi) is 5.11. The van der Waals surface area contributed by atoms with Gasteiger partial charge in [0, 0.05) is 17.7 Å². The van der Waals surface area contributed by atoms with Crippen LogP contribution >= 0.6 is 0 Å². The molecule has 1 N–H and O–H groups in total. The minimum Gasteiger partial charge on any atom is -0.482 e. The number of amides is 1. The summed E-state index contributed by atoms with van der Waals surface area (Å²) < 4.78 is 10.2. The SMILES string of the molecule is O=C1COc2ccc(C(=O)COC(=O)Cc3ccc([N+](=O)[O-])cc3)cc2N1. The molecule has 3 rings (SSSR count). The number of carbonyl (C=O) groups is 3. The molecule has 0 saturated heterocycles. The lowest BCUT2D eigenvalue weighted by Gasteiger charge is -2.18. The molecule has 0 unspecified atom stereocenters. The van der Waals surface area contributed by atoms with Crippen molar-refractivity contribution in [2.24, 2.45) is 0 Å². The number of anilines is 1. The largest absolute Gasteiger partial charge is 0.482 e. The minimum atomic E-state index is -0.633. The zero-order valence-electron chi connectivity index (χ0n) is 14.0. The number of hydrogen-bond acceptors (Lipinski definition) is 7. The van der Waals surface area contributed by atoms with Crippen molar-refractivity contribution in [1.82, 2.24) is 0 Å². The molecule has 0 bridgehead atoms. The minimum absolute atomic E-state index is 0.0780. The first-order valence-electron chi connectivity index (χ1n) is 7.91. The summed E-state index contributed by atoms with van der Waals surface area (Å²) in [5, 5.41) is 13.2. The van der Waals surface area contributed by atoms with Crippen LogP contribution in [0.2, 0.25) is 0 Å². The quantitative estimate of drug-likeness (QED) is 0.356. The molecule has 2 aromatic rings. The van der Waals surface area contributed by atoms with Crippen LogP contribution in [0.5, 0.6) is 5.75 Å². The number of hydrogen-bond donors (Lipinski definition) is 1. The zero-order chi connectivity index (χ0) is 19.4. The van der Waals surface area contributed by atoms with Crippen LogP contribution in [0.1, 0.15) is 15.9 Å². The number of benzene rings is 2. The van der Waals surface area contributed by atoms with E-state index >= 15 is 0 Å². The molecule has 0 fully saturated rings. The Labute approximate surface area is 153 Å². The maximum Gasteiger partial charge on any atom is 0.310 e. The van der Waals surface area contributed by atoms with Gasteiger partial charge in [-0.3, -0.25) is 24.5 Å². The highest BCUT2D eigenvalue weighted by Crippen LogP contribution is 2.28.